The van der Waals surface area contributed by atoms with E-state index >= 15 is 0 Å². The van der Waals surface area contributed by atoms with Gasteiger partial charge in [-0.2, -0.15) is 9.40 Å². The number of nitrogens with one attached hydrogen (secondary N) is 1. The molecule has 0 unspecified atom stereocenters. The molecule has 1 saturated heterocycles. The normalized spacial score (nSPS) is 16.3. The Bertz CT molecular complexity index is 1430. The molecule has 180 valence electrons. The number of carbonyl (C=O) groups is 1. The van der Waals surface area contributed by atoms with E-state index in [0.717, 1.165) is 22.0 Å². The molecular formula is C26H27N5O3S. The van der Waals surface area contributed by atoms with Crippen LogP contribution in [0.5, 0.6) is 0 Å². The molecule has 1 aliphatic rings. The molecule has 1 aromatic heterocycles. The molecular weight excluding hydrogens is 462 g/mol. The highest BCUT2D eigenvalue weighted by atomic mass is 32.2. The lowest BCUT2D eigenvalue weighted by Gasteiger charge is -2.31. The van der Waals surface area contributed by atoms with Crippen molar-refractivity contribution >= 4 is 26.7 Å². The average molecular weight is 490 g/mol. The molecule has 35 heavy (non-hydrogen) atoms. The van der Waals surface area contributed by atoms with Gasteiger partial charge in [0, 0.05) is 19.0 Å². The van der Waals surface area contributed by atoms with Crippen LogP contribution in [-0.4, -0.2) is 46.5 Å². The summed E-state index contributed by atoms with van der Waals surface area (Å²) in [6, 6.07) is 20.5. The number of sulfonamides is 1. The van der Waals surface area contributed by atoms with Crippen LogP contribution in [0, 0.1) is 5.92 Å². The van der Waals surface area contributed by atoms with E-state index in [2.05, 4.69) is 15.4 Å². The Morgan fingerprint density at radius 3 is 2.40 bits per heavy atom. The van der Waals surface area contributed by atoms with Gasteiger partial charge in [-0.3, -0.25) is 4.79 Å². The van der Waals surface area contributed by atoms with Crippen molar-refractivity contribution in [2.24, 2.45) is 5.92 Å². The predicted molar refractivity (Wildman–Crippen MR) is 133 cm³/mol. The van der Waals surface area contributed by atoms with Crippen molar-refractivity contribution in [3.8, 4) is 5.69 Å². The second-order valence-electron chi connectivity index (χ2n) is 8.85. The highest BCUT2D eigenvalue weighted by Gasteiger charge is 2.32. The quantitative estimate of drug-likeness (QED) is 0.445. The van der Waals surface area contributed by atoms with E-state index in [0.29, 0.717) is 30.8 Å². The van der Waals surface area contributed by atoms with E-state index in [1.165, 1.54) is 10.6 Å². The van der Waals surface area contributed by atoms with Gasteiger partial charge in [0.15, 0.2) is 0 Å². The van der Waals surface area contributed by atoms with Crippen LogP contribution in [0.25, 0.3) is 16.5 Å². The van der Waals surface area contributed by atoms with Gasteiger partial charge >= 0.3 is 0 Å². The van der Waals surface area contributed by atoms with E-state index in [1.54, 1.807) is 23.1 Å². The van der Waals surface area contributed by atoms with E-state index in [1.807, 2.05) is 61.5 Å². The third kappa shape index (κ3) is 4.82. The number of benzene rings is 3. The molecule has 1 aliphatic heterocycles. The third-order valence-electron chi connectivity index (χ3n) is 6.62. The summed E-state index contributed by atoms with van der Waals surface area (Å²) in [7, 11) is -3.60. The molecule has 5 rings (SSSR count). The predicted octanol–water partition coefficient (Wildman–Crippen LogP) is 3.70. The summed E-state index contributed by atoms with van der Waals surface area (Å²) in [5.41, 5.74) is 1.88. The lowest BCUT2D eigenvalue weighted by molar-refractivity contribution is -0.126. The molecule has 1 atom stereocenters. The van der Waals surface area contributed by atoms with Gasteiger partial charge in [0.1, 0.15) is 12.7 Å². The molecule has 3 aromatic carbocycles. The fourth-order valence-corrected chi connectivity index (χ4v) is 6.01. The summed E-state index contributed by atoms with van der Waals surface area (Å²) in [4.78, 5) is 17.2. The number of piperidine rings is 1. The first-order valence-electron chi connectivity index (χ1n) is 11.7. The Labute approximate surface area is 204 Å². The Hall–Kier alpha value is -3.56. The summed E-state index contributed by atoms with van der Waals surface area (Å²) in [6.45, 7) is 2.60. The first-order chi connectivity index (χ1) is 16.9. The number of hydrogen-bond acceptors (Lipinski definition) is 5. The number of aromatic nitrogens is 3. The minimum atomic E-state index is -3.60. The number of hydrogen-bond donors (Lipinski definition) is 1. The SMILES string of the molecule is C[C@H](NC(=O)C1CCN(S(=O)(=O)c2ccc3ccccc3c2)CC1)c1ccc(-n2cncn2)cc1. The topological polar surface area (TPSA) is 97.2 Å². The van der Waals surface area contributed by atoms with Crippen LogP contribution in [-0.2, 0) is 14.8 Å². The largest absolute Gasteiger partial charge is 0.349 e. The lowest BCUT2D eigenvalue weighted by Crippen LogP contribution is -2.43. The number of fused-ring (bicyclic) bond motifs is 1. The van der Waals surface area contributed by atoms with Gasteiger partial charge < -0.3 is 5.32 Å². The summed E-state index contributed by atoms with van der Waals surface area (Å²) < 4.78 is 29.6. The number of carbonyl (C=O) groups excluding carboxylic acids is 1. The maximum atomic E-state index is 13.2. The van der Waals surface area contributed by atoms with Gasteiger partial charge in [0.25, 0.3) is 0 Å². The smallest absolute Gasteiger partial charge is 0.243 e. The second kappa shape index (κ2) is 9.59. The first kappa shape index (κ1) is 23.2. The number of nitrogens with zero attached hydrogens (tertiary/aromatic N) is 4. The van der Waals surface area contributed by atoms with Crippen LogP contribution in [0.4, 0.5) is 0 Å². The Morgan fingerprint density at radius 1 is 1.00 bits per heavy atom. The Morgan fingerprint density at radius 2 is 1.71 bits per heavy atom. The third-order valence-corrected chi connectivity index (χ3v) is 8.51. The highest BCUT2D eigenvalue weighted by molar-refractivity contribution is 7.89. The van der Waals surface area contributed by atoms with Crippen LogP contribution in [0.15, 0.2) is 84.3 Å². The summed E-state index contributed by atoms with van der Waals surface area (Å²) in [5, 5.41) is 9.10. The van der Waals surface area contributed by atoms with Crippen molar-refractivity contribution in [3.63, 3.8) is 0 Å². The average Bonchev–Trinajstić information content (AvgIpc) is 3.43. The van der Waals surface area contributed by atoms with Gasteiger partial charge in [0.2, 0.25) is 15.9 Å². The molecule has 2 heterocycles. The van der Waals surface area contributed by atoms with Gasteiger partial charge in [-0.1, -0.05) is 42.5 Å². The zero-order valence-corrected chi connectivity index (χ0v) is 20.2. The van der Waals surface area contributed by atoms with Crippen molar-refractivity contribution in [2.45, 2.75) is 30.7 Å². The van der Waals surface area contributed by atoms with Gasteiger partial charge in [0.05, 0.1) is 16.6 Å². The molecule has 1 N–H and O–H groups in total. The van der Waals surface area contributed by atoms with Crippen molar-refractivity contribution in [1.29, 1.82) is 0 Å². The molecule has 4 aromatic rings. The molecule has 0 aliphatic carbocycles. The first-order valence-corrected chi connectivity index (χ1v) is 13.1. The highest BCUT2D eigenvalue weighted by Crippen LogP contribution is 2.27. The van der Waals surface area contributed by atoms with Crippen LogP contribution in [0.3, 0.4) is 0 Å². The van der Waals surface area contributed by atoms with Crippen LogP contribution in [0.1, 0.15) is 31.4 Å². The molecule has 0 radical (unpaired) electrons. The van der Waals surface area contributed by atoms with Gasteiger partial charge in [-0.15, -0.1) is 0 Å². The summed E-state index contributed by atoms with van der Waals surface area (Å²) >= 11 is 0. The standard InChI is InChI=1S/C26H27N5O3S/c1-19(20-6-9-24(10-7-20)31-18-27-17-28-31)29-26(32)22-12-14-30(15-13-22)35(33,34)25-11-8-21-4-2-3-5-23(21)16-25/h2-11,16-19,22H,12-15H2,1H3,(H,29,32)/t19-/m0/s1. The molecule has 9 heteroatoms. The summed E-state index contributed by atoms with van der Waals surface area (Å²) in [6.07, 6.45) is 4.11. The van der Waals surface area contributed by atoms with Gasteiger partial charge in [-0.05, 0) is 60.4 Å². The molecule has 8 nitrogen and oxygen atoms in total. The van der Waals surface area contributed by atoms with Crippen LogP contribution >= 0.6 is 0 Å². The van der Waals surface area contributed by atoms with Crippen LogP contribution < -0.4 is 5.32 Å². The number of rotatable bonds is 6. The maximum Gasteiger partial charge on any atom is 0.243 e. The fourth-order valence-electron chi connectivity index (χ4n) is 4.51. The molecule has 0 bridgehead atoms. The fraction of sp³-hybridized carbons (Fsp3) is 0.269. The minimum Gasteiger partial charge on any atom is -0.349 e. The monoisotopic (exact) mass is 489 g/mol. The zero-order valence-electron chi connectivity index (χ0n) is 19.4. The van der Waals surface area contributed by atoms with E-state index in [-0.39, 0.29) is 17.9 Å². The van der Waals surface area contributed by atoms with Crippen molar-refractivity contribution in [3.05, 3.63) is 84.9 Å². The molecule has 1 fully saturated rings. The van der Waals surface area contributed by atoms with Crippen molar-refractivity contribution in [1.82, 2.24) is 24.4 Å². The maximum absolute atomic E-state index is 13.2. The van der Waals surface area contributed by atoms with Crippen LogP contribution in [0.2, 0.25) is 0 Å². The zero-order chi connectivity index (χ0) is 24.4. The van der Waals surface area contributed by atoms with Crippen molar-refractivity contribution in [2.75, 3.05) is 13.1 Å². The second-order valence-corrected chi connectivity index (χ2v) is 10.8. The molecule has 0 spiro atoms. The molecule has 0 saturated carbocycles. The Kier molecular flexibility index (Phi) is 6.36. The molecule has 1 amide bonds. The lowest BCUT2D eigenvalue weighted by atomic mass is 9.96. The van der Waals surface area contributed by atoms with Crippen molar-refractivity contribution < 1.29 is 13.2 Å². The van der Waals surface area contributed by atoms with E-state index in [4.69, 9.17) is 0 Å². The summed E-state index contributed by atoms with van der Waals surface area (Å²) in [5.74, 6) is -0.254. The minimum absolute atomic E-state index is 0.0411. The Balaban J connectivity index is 1.19. The van der Waals surface area contributed by atoms with Gasteiger partial charge in [-0.25, -0.2) is 18.1 Å². The van der Waals surface area contributed by atoms with E-state index in [9.17, 15) is 13.2 Å². The van der Waals surface area contributed by atoms with E-state index < -0.39 is 10.0 Å². The number of amides is 1.